The summed E-state index contributed by atoms with van der Waals surface area (Å²) in [5.41, 5.74) is 6.76. The Kier molecular flexibility index (Phi) is 6.25. The molecule has 0 aliphatic carbocycles. The fourth-order valence-electron chi connectivity index (χ4n) is 2.24. The Hall–Kier alpha value is -2.73. The molecule has 1 aromatic heterocycles. The van der Waals surface area contributed by atoms with Gasteiger partial charge in [-0.25, -0.2) is 0 Å². The summed E-state index contributed by atoms with van der Waals surface area (Å²) in [4.78, 5) is 28.9. The number of amides is 2. The lowest BCUT2D eigenvalue weighted by atomic mass is 10.0. The quantitative estimate of drug-likeness (QED) is 0.707. The predicted octanol–water partition coefficient (Wildman–Crippen LogP) is 1.28. The van der Waals surface area contributed by atoms with Crippen molar-refractivity contribution in [1.29, 1.82) is 0 Å². The molecule has 0 aliphatic heterocycles. The Labute approximate surface area is 147 Å². The molecule has 1 unspecified atom stereocenters. The summed E-state index contributed by atoms with van der Waals surface area (Å²) >= 11 is 0. The van der Waals surface area contributed by atoms with Gasteiger partial charge >= 0.3 is 0 Å². The van der Waals surface area contributed by atoms with Crippen molar-refractivity contribution in [3.63, 3.8) is 0 Å². The first-order chi connectivity index (χ1) is 11.8. The zero-order valence-corrected chi connectivity index (χ0v) is 14.5. The molecule has 0 radical (unpaired) electrons. The van der Waals surface area contributed by atoms with Crippen LogP contribution in [0.5, 0.6) is 0 Å². The fourth-order valence-corrected chi connectivity index (χ4v) is 2.24. The van der Waals surface area contributed by atoms with Gasteiger partial charge in [-0.3, -0.25) is 14.6 Å². The Morgan fingerprint density at radius 1 is 1.16 bits per heavy atom. The van der Waals surface area contributed by atoms with Gasteiger partial charge in [-0.1, -0.05) is 30.3 Å². The van der Waals surface area contributed by atoms with E-state index in [1.807, 2.05) is 44.2 Å². The van der Waals surface area contributed by atoms with E-state index in [9.17, 15) is 9.59 Å². The molecule has 1 aromatic carbocycles. The Morgan fingerprint density at radius 3 is 2.48 bits per heavy atom. The third-order valence-electron chi connectivity index (χ3n) is 3.55. The third kappa shape index (κ3) is 6.35. The van der Waals surface area contributed by atoms with Gasteiger partial charge in [0.15, 0.2) is 0 Å². The first-order valence-electron chi connectivity index (χ1n) is 8.16. The number of carbonyl (C=O) groups excluding carboxylic acids is 2. The van der Waals surface area contributed by atoms with Crippen LogP contribution in [0.1, 0.15) is 29.8 Å². The van der Waals surface area contributed by atoms with Crippen LogP contribution in [-0.2, 0) is 11.2 Å². The standard InChI is InChI=1S/C19H24N4O2/c1-19(2,20)13-22-18(25)16(11-14-7-4-3-5-8-14)23-17(24)15-9-6-10-21-12-15/h3-10,12,16H,11,13,20H2,1-2H3,(H,22,25)(H,23,24). The molecule has 1 atom stereocenters. The van der Waals surface area contributed by atoms with Crippen LogP contribution in [-0.4, -0.2) is 34.9 Å². The van der Waals surface area contributed by atoms with E-state index in [0.29, 0.717) is 18.5 Å². The molecule has 2 amide bonds. The van der Waals surface area contributed by atoms with Crippen LogP contribution >= 0.6 is 0 Å². The molecular formula is C19H24N4O2. The largest absolute Gasteiger partial charge is 0.352 e. The van der Waals surface area contributed by atoms with E-state index in [2.05, 4.69) is 15.6 Å². The summed E-state index contributed by atoms with van der Waals surface area (Å²) in [6.07, 6.45) is 3.45. The lowest BCUT2D eigenvalue weighted by molar-refractivity contribution is -0.123. The lowest BCUT2D eigenvalue weighted by Crippen LogP contribution is -2.52. The minimum atomic E-state index is -0.697. The molecule has 0 saturated heterocycles. The average Bonchev–Trinajstić information content (AvgIpc) is 2.60. The van der Waals surface area contributed by atoms with E-state index >= 15 is 0 Å². The number of hydrogen-bond donors (Lipinski definition) is 3. The predicted molar refractivity (Wildman–Crippen MR) is 96.9 cm³/mol. The number of nitrogens with two attached hydrogens (primary N) is 1. The van der Waals surface area contributed by atoms with Gasteiger partial charge in [-0.2, -0.15) is 0 Å². The molecule has 6 nitrogen and oxygen atoms in total. The Morgan fingerprint density at radius 2 is 1.88 bits per heavy atom. The van der Waals surface area contributed by atoms with Crippen LogP contribution in [0.25, 0.3) is 0 Å². The van der Waals surface area contributed by atoms with Gasteiger partial charge in [0.05, 0.1) is 5.56 Å². The van der Waals surface area contributed by atoms with Gasteiger partial charge in [-0.05, 0) is 31.5 Å². The number of carbonyl (C=O) groups is 2. The Balaban J connectivity index is 2.11. The number of nitrogens with zero attached hydrogens (tertiary/aromatic N) is 1. The average molecular weight is 340 g/mol. The zero-order valence-electron chi connectivity index (χ0n) is 14.5. The van der Waals surface area contributed by atoms with Gasteiger partial charge in [0, 0.05) is 30.9 Å². The number of nitrogens with one attached hydrogen (secondary N) is 2. The van der Waals surface area contributed by atoms with E-state index in [4.69, 9.17) is 5.73 Å². The molecule has 132 valence electrons. The summed E-state index contributed by atoms with van der Waals surface area (Å²) in [6.45, 7) is 3.97. The molecule has 2 rings (SSSR count). The molecule has 25 heavy (non-hydrogen) atoms. The molecule has 0 saturated carbocycles. The van der Waals surface area contributed by atoms with Crippen molar-refractivity contribution in [2.75, 3.05) is 6.54 Å². The van der Waals surface area contributed by atoms with Crippen molar-refractivity contribution in [2.24, 2.45) is 5.73 Å². The second kappa shape index (κ2) is 8.39. The fraction of sp³-hybridized carbons (Fsp3) is 0.316. The normalized spacial score (nSPS) is 12.3. The number of hydrogen-bond acceptors (Lipinski definition) is 4. The first-order valence-corrected chi connectivity index (χ1v) is 8.16. The molecule has 0 bridgehead atoms. The van der Waals surface area contributed by atoms with Crippen molar-refractivity contribution in [3.8, 4) is 0 Å². The van der Waals surface area contributed by atoms with Crippen molar-refractivity contribution in [3.05, 3.63) is 66.0 Å². The second-order valence-electron chi connectivity index (χ2n) is 6.66. The maximum Gasteiger partial charge on any atom is 0.253 e. The molecule has 0 fully saturated rings. The summed E-state index contributed by atoms with van der Waals surface area (Å²) < 4.78 is 0. The zero-order chi connectivity index (χ0) is 18.3. The van der Waals surface area contributed by atoms with E-state index in [1.165, 1.54) is 6.20 Å². The van der Waals surface area contributed by atoms with Crippen LogP contribution in [0, 0.1) is 0 Å². The van der Waals surface area contributed by atoms with Crippen molar-refractivity contribution >= 4 is 11.8 Å². The van der Waals surface area contributed by atoms with Crippen LogP contribution < -0.4 is 16.4 Å². The molecular weight excluding hydrogens is 316 g/mol. The molecule has 0 aliphatic rings. The maximum absolute atomic E-state index is 12.6. The van der Waals surface area contributed by atoms with E-state index < -0.39 is 11.6 Å². The van der Waals surface area contributed by atoms with Gasteiger partial charge in [0.1, 0.15) is 6.04 Å². The van der Waals surface area contributed by atoms with Crippen LogP contribution in [0.4, 0.5) is 0 Å². The van der Waals surface area contributed by atoms with E-state index in [0.717, 1.165) is 5.56 Å². The monoisotopic (exact) mass is 340 g/mol. The number of rotatable bonds is 7. The number of aromatic nitrogens is 1. The highest BCUT2D eigenvalue weighted by Gasteiger charge is 2.23. The molecule has 1 heterocycles. The van der Waals surface area contributed by atoms with Crippen LogP contribution in [0.2, 0.25) is 0 Å². The SMILES string of the molecule is CC(C)(N)CNC(=O)C(Cc1ccccc1)NC(=O)c1cccnc1. The number of pyridine rings is 1. The maximum atomic E-state index is 12.6. The van der Waals surface area contributed by atoms with Gasteiger partial charge < -0.3 is 16.4 Å². The topological polar surface area (TPSA) is 97.1 Å². The summed E-state index contributed by atoms with van der Waals surface area (Å²) in [6, 6.07) is 12.2. The lowest BCUT2D eigenvalue weighted by Gasteiger charge is -2.23. The van der Waals surface area contributed by atoms with Crippen molar-refractivity contribution < 1.29 is 9.59 Å². The molecule has 0 spiro atoms. The summed E-state index contributed by atoms with van der Waals surface area (Å²) in [5, 5.41) is 5.59. The summed E-state index contributed by atoms with van der Waals surface area (Å²) in [5.74, 6) is -0.601. The first kappa shape index (κ1) is 18.6. The third-order valence-corrected chi connectivity index (χ3v) is 3.55. The van der Waals surface area contributed by atoms with Crippen LogP contribution in [0.15, 0.2) is 54.9 Å². The summed E-state index contributed by atoms with van der Waals surface area (Å²) in [7, 11) is 0. The minimum absolute atomic E-state index is 0.264. The minimum Gasteiger partial charge on any atom is -0.352 e. The van der Waals surface area contributed by atoms with Gasteiger partial charge in [-0.15, -0.1) is 0 Å². The van der Waals surface area contributed by atoms with Crippen LogP contribution in [0.3, 0.4) is 0 Å². The van der Waals surface area contributed by atoms with Gasteiger partial charge in [0.2, 0.25) is 5.91 Å². The highest BCUT2D eigenvalue weighted by Crippen LogP contribution is 2.06. The molecule has 2 aromatic rings. The number of benzene rings is 1. The van der Waals surface area contributed by atoms with Crippen molar-refractivity contribution in [1.82, 2.24) is 15.6 Å². The van der Waals surface area contributed by atoms with E-state index in [-0.39, 0.29) is 11.8 Å². The second-order valence-corrected chi connectivity index (χ2v) is 6.66. The highest BCUT2D eigenvalue weighted by atomic mass is 16.2. The van der Waals surface area contributed by atoms with Gasteiger partial charge in [0.25, 0.3) is 5.91 Å². The smallest absolute Gasteiger partial charge is 0.253 e. The molecule has 6 heteroatoms. The molecule has 4 N–H and O–H groups in total. The van der Waals surface area contributed by atoms with E-state index in [1.54, 1.807) is 18.3 Å². The Bertz CT molecular complexity index is 696. The van der Waals surface area contributed by atoms with Crippen molar-refractivity contribution in [2.45, 2.75) is 31.8 Å². The highest BCUT2D eigenvalue weighted by molar-refractivity contribution is 5.97.